The van der Waals surface area contributed by atoms with Crippen molar-refractivity contribution in [3.8, 4) is 0 Å². The second-order valence-corrected chi connectivity index (χ2v) is 6.63. The van der Waals surface area contributed by atoms with Crippen LogP contribution in [-0.2, 0) is 9.59 Å². The highest BCUT2D eigenvalue weighted by Gasteiger charge is 2.32. The molecular formula is C17H18N2O3S. The summed E-state index contributed by atoms with van der Waals surface area (Å²) in [6, 6.07) is 7.22. The number of fused-ring (bicyclic) bond motifs is 1. The maximum Gasteiger partial charge on any atom is 0.240 e. The minimum Gasteiger partial charge on any atom is -0.368 e. The number of likely N-dealkylation sites (tertiary alicyclic amines) is 1. The van der Waals surface area contributed by atoms with Gasteiger partial charge in [-0.3, -0.25) is 14.4 Å². The van der Waals surface area contributed by atoms with E-state index in [-0.39, 0.29) is 24.5 Å². The van der Waals surface area contributed by atoms with Gasteiger partial charge in [-0.15, -0.1) is 11.3 Å². The number of benzene rings is 1. The molecule has 120 valence electrons. The van der Waals surface area contributed by atoms with Crippen LogP contribution in [-0.4, -0.2) is 35.1 Å². The van der Waals surface area contributed by atoms with E-state index in [4.69, 9.17) is 5.73 Å². The van der Waals surface area contributed by atoms with Crippen LogP contribution in [0.5, 0.6) is 0 Å². The number of nitrogens with two attached hydrogens (primary N) is 1. The number of primary amides is 1. The fourth-order valence-electron chi connectivity index (χ4n) is 3.05. The molecule has 1 saturated heterocycles. The van der Waals surface area contributed by atoms with E-state index < -0.39 is 11.9 Å². The largest absolute Gasteiger partial charge is 0.368 e. The highest BCUT2D eigenvalue weighted by Crippen LogP contribution is 2.27. The van der Waals surface area contributed by atoms with Crippen molar-refractivity contribution in [1.82, 2.24) is 4.90 Å². The number of amides is 2. The molecule has 3 rings (SSSR count). The third-order valence-corrected chi connectivity index (χ3v) is 5.21. The van der Waals surface area contributed by atoms with E-state index in [0.29, 0.717) is 18.5 Å². The highest BCUT2D eigenvalue weighted by atomic mass is 32.1. The summed E-state index contributed by atoms with van der Waals surface area (Å²) in [5.41, 5.74) is 6.00. The molecular weight excluding hydrogens is 312 g/mol. The number of ketones is 1. The Balaban J connectivity index is 1.65. The molecule has 6 heteroatoms. The molecule has 1 aromatic carbocycles. The van der Waals surface area contributed by atoms with E-state index in [2.05, 4.69) is 0 Å². The molecule has 1 fully saturated rings. The van der Waals surface area contributed by atoms with Crippen LogP contribution in [0.4, 0.5) is 0 Å². The zero-order valence-corrected chi connectivity index (χ0v) is 13.5. The lowest BCUT2D eigenvalue weighted by Gasteiger charge is -2.21. The van der Waals surface area contributed by atoms with E-state index in [1.165, 1.54) is 16.2 Å². The van der Waals surface area contributed by atoms with Gasteiger partial charge in [0.25, 0.3) is 0 Å². The van der Waals surface area contributed by atoms with Gasteiger partial charge in [0.15, 0.2) is 5.78 Å². The van der Waals surface area contributed by atoms with Crippen LogP contribution in [0.2, 0.25) is 0 Å². The molecule has 2 heterocycles. The van der Waals surface area contributed by atoms with E-state index in [0.717, 1.165) is 16.5 Å². The maximum absolute atomic E-state index is 12.4. The van der Waals surface area contributed by atoms with Crippen LogP contribution in [0.15, 0.2) is 29.6 Å². The smallest absolute Gasteiger partial charge is 0.240 e. The van der Waals surface area contributed by atoms with Gasteiger partial charge in [0.05, 0.1) is 0 Å². The first-order valence-electron chi connectivity index (χ1n) is 7.66. The molecule has 1 aliphatic rings. The molecule has 0 unspecified atom stereocenters. The second-order valence-electron chi connectivity index (χ2n) is 5.72. The first-order chi connectivity index (χ1) is 11.1. The van der Waals surface area contributed by atoms with Crippen LogP contribution in [0.3, 0.4) is 0 Å². The lowest BCUT2D eigenvalue weighted by molar-refractivity contribution is -0.137. The van der Waals surface area contributed by atoms with Gasteiger partial charge in [-0.1, -0.05) is 18.2 Å². The molecule has 0 bridgehead atoms. The molecule has 1 atom stereocenters. The summed E-state index contributed by atoms with van der Waals surface area (Å²) in [5.74, 6) is -0.671. The third kappa shape index (κ3) is 3.12. The molecule has 1 aliphatic heterocycles. The Labute approximate surface area is 138 Å². The molecule has 0 radical (unpaired) electrons. The van der Waals surface area contributed by atoms with Gasteiger partial charge in [-0.05, 0) is 18.9 Å². The van der Waals surface area contributed by atoms with Gasteiger partial charge in [0.1, 0.15) is 6.04 Å². The molecule has 1 aromatic heterocycles. The minimum absolute atomic E-state index is 0.0365. The zero-order valence-electron chi connectivity index (χ0n) is 12.7. The standard InChI is InChI=1S/C17H18N2O3S/c18-17(22)13-5-3-9-19(13)16(21)8-7-14(20)12-10-23-15-6-2-1-4-11(12)15/h1-2,4,6,10,13H,3,5,7-9H2,(H2,18,22)/t13-/m1/s1. The average Bonchev–Trinajstić information content (AvgIpc) is 3.18. The van der Waals surface area contributed by atoms with Gasteiger partial charge in [0.2, 0.25) is 11.8 Å². The molecule has 0 spiro atoms. The van der Waals surface area contributed by atoms with Crippen LogP contribution < -0.4 is 5.73 Å². The van der Waals surface area contributed by atoms with E-state index in [1.54, 1.807) is 0 Å². The summed E-state index contributed by atoms with van der Waals surface area (Å²) < 4.78 is 1.07. The monoisotopic (exact) mass is 330 g/mol. The van der Waals surface area contributed by atoms with Crippen molar-refractivity contribution in [1.29, 1.82) is 0 Å². The summed E-state index contributed by atoms with van der Waals surface area (Å²) in [6.45, 7) is 0.544. The zero-order chi connectivity index (χ0) is 16.4. The predicted octanol–water partition coefficient (Wildman–Crippen LogP) is 2.34. The topological polar surface area (TPSA) is 80.5 Å². The molecule has 5 nitrogen and oxygen atoms in total. The molecule has 2 aromatic rings. The molecule has 23 heavy (non-hydrogen) atoms. The van der Waals surface area contributed by atoms with Gasteiger partial charge in [0, 0.05) is 40.4 Å². The lowest BCUT2D eigenvalue weighted by Crippen LogP contribution is -2.43. The summed E-state index contributed by atoms with van der Waals surface area (Å²) in [5, 5.41) is 2.78. The fourth-order valence-corrected chi connectivity index (χ4v) is 4.02. The normalized spacial score (nSPS) is 17.6. The average molecular weight is 330 g/mol. The highest BCUT2D eigenvalue weighted by molar-refractivity contribution is 7.17. The van der Waals surface area contributed by atoms with Gasteiger partial charge >= 0.3 is 0 Å². The molecule has 0 aliphatic carbocycles. The lowest BCUT2D eigenvalue weighted by atomic mass is 10.1. The Kier molecular flexibility index (Phi) is 4.43. The first kappa shape index (κ1) is 15.7. The first-order valence-corrected chi connectivity index (χ1v) is 8.54. The fraction of sp³-hybridized carbons (Fsp3) is 0.353. The summed E-state index contributed by atoms with van der Waals surface area (Å²) in [6.07, 6.45) is 1.67. The summed E-state index contributed by atoms with van der Waals surface area (Å²) in [7, 11) is 0. The number of Topliss-reactive ketones (excluding diaryl/α,β-unsaturated/α-hetero) is 1. The Morgan fingerprint density at radius 3 is 2.78 bits per heavy atom. The number of hydrogen-bond acceptors (Lipinski definition) is 4. The van der Waals surface area contributed by atoms with Crippen molar-refractivity contribution in [2.45, 2.75) is 31.7 Å². The summed E-state index contributed by atoms with van der Waals surface area (Å²) >= 11 is 1.53. The van der Waals surface area contributed by atoms with Crippen LogP contribution in [0.1, 0.15) is 36.0 Å². The van der Waals surface area contributed by atoms with Crippen molar-refractivity contribution >= 4 is 39.0 Å². The minimum atomic E-state index is -0.514. The van der Waals surface area contributed by atoms with Gasteiger partial charge in [-0.25, -0.2) is 0 Å². The Bertz CT molecular complexity index is 768. The van der Waals surface area contributed by atoms with Crippen molar-refractivity contribution in [2.75, 3.05) is 6.54 Å². The van der Waals surface area contributed by atoms with Crippen molar-refractivity contribution in [3.63, 3.8) is 0 Å². The quantitative estimate of drug-likeness (QED) is 0.855. The van der Waals surface area contributed by atoms with Crippen LogP contribution in [0, 0.1) is 0 Å². The number of nitrogens with zero attached hydrogens (tertiary/aromatic N) is 1. The number of hydrogen-bond donors (Lipinski definition) is 1. The number of carbonyl (C=O) groups excluding carboxylic acids is 3. The SMILES string of the molecule is NC(=O)[C@H]1CCCN1C(=O)CCC(=O)c1csc2ccccc12. The van der Waals surface area contributed by atoms with Gasteiger partial charge < -0.3 is 10.6 Å². The van der Waals surface area contributed by atoms with E-state index in [9.17, 15) is 14.4 Å². The van der Waals surface area contributed by atoms with Crippen molar-refractivity contribution < 1.29 is 14.4 Å². The van der Waals surface area contributed by atoms with E-state index >= 15 is 0 Å². The van der Waals surface area contributed by atoms with Crippen LogP contribution >= 0.6 is 11.3 Å². The number of carbonyl (C=O) groups is 3. The molecule has 2 N–H and O–H groups in total. The third-order valence-electron chi connectivity index (χ3n) is 4.25. The van der Waals surface area contributed by atoms with Crippen molar-refractivity contribution in [2.24, 2.45) is 5.73 Å². The molecule has 0 saturated carbocycles. The Morgan fingerprint density at radius 1 is 1.22 bits per heavy atom. The Morgan fingerprint density at radius 2 is 2.00 bits per heavy atom. The predicted molar refractivity (Wildman–Crippen MR) is 89.3 cm³/mol. The second kappa shape index (κ2) is 6.50. The summed E-state index contributed by atoms with van der Waals surface area (Å²) in [4.78, 5) is 37.5. The molecule has 2 amide bonds. The maximum atomic E-state index is 12.4. The van der Waals surface area contributed by atoms with Crippen LogP contribution in [0.25, 0.3) is 10.1 Å². The van der Waals surface area contributed by atoms with Crippen molar-refractivity contribution in [3.05, 3.63) is 35.2 Å². The Hall–Kier alpha value is -2.21. The van der Waals surface area contributed by atoms with Gasteiger partial charge in [-0.2, -0.15) is 0 Å². The van der Waals surface area contributed by atoms with E-state index in [1.807, 2.05) is 29.6 Å². The number of rotatable bonds is 5. The number of thiophene rings is 1.